The summed E-state index contributed by atoms with van der Waals surface area (Å²) in [6.07, 6.45) is 63.6. The lowest BCUT2D eigenvalue weighted by molar-refractivity contribution is -0.302. The molecule has 0 aliphatic carbocycles. The Labute approximate surface area is 436 Å². The van der Waals surface area contributed by atoms with Crippen LogP contribution in [0.5, 0.6) is 0 Å². The topological polar surface area (TPSA) is 149 Å². The molecule has 0 aromatic heterocycles. The molecule has 0 bridgehead atoms. The predicted octanol–water partition coefficient (Wildman–Crippen LogP) is 14.8. The molecule has 9 heteroatoms. The van der Waals surface area contributed by atoms with Gasteiger partial charge in [-0.2, -0.15) is 0 Å². The number of allylic oxidation sites excluding steroid dienone is 12. The van der Waals surface area contributed by atoms with Crippen molar-refractivity contribution in [2.24, 2.45) is 0 Å². The van der Waals surface area contributed by atoms with E-state index in [1.807, 2.05) is 0 Å². The van der Waals surface area contributed by atoms with Gasteiger partial charge in [-0.3, -0.25) is 4.79 Å². The van der Waals surface area contributed by atoms with Crippen molar-refractivity contribution in [3.05, 3.63) is 72.9 Å². The van der Waals surface area contributed by atoms with Gasteiger partial charge in [0.25, 0.3) is 0 Å². The Balaban J connectivity index is 2.23. The van der Waals surface area contributed by atoms with Crippen LogP contribution < -0.4 is 5.32 Å². The van der Waals surface area contributed by atoms with E-state index >= 15 is 0 Å². The molecule has 1 aliphatic heterocycles. The molecule has 7 atom stereocenters. The maximum Gasteiger partial charge on any atom is 0.220 e. The van der Waals surface area contributed by atoms with E-state index in [1.54, 1.807) is 0 Å². The molecule has 1 saturated heterocycles. The van der Waals surface area contributed by atoms with Crippen LogP contribution in [0.4, 0.5) is 0 Å². The highest BCUT2D eigenvalue weighted by Crippen LogP contribution is 2.23. The minimum Gasteiger partial charge on any atom is -0.394 e. The number of aliphatic hydroxyl groups is 5. The van der Waals surface area contributed by atoms with Crippen molar-refractivity contribution >= 4 is 5.91 Å². The molecule has 7 unspecified atom stereocenters. The van der Waals surface area contributed by atoms with Crippen molar-refractivity contribution in [2.75, 3.05) is 13.2 Å². The second kappa shape index (κ2) is 51.1. The Morgan fingerprint density at radius 1 is 0.493 bits per heavy atom. The Morgan fingerprint density at radius 3 is 1.30 bits per heavy atom. The summed E-state index contributed by atoms with van der Waals surface area (Å²) < 4.78 is 11.3. The van der Waals surface area contributed by atoms with Crippen molar-refractivity contribution in [2.45, 2.75) is 301 Å². The summed E-state index contributed by atoms with van der Waals surface area (Å²) in [7, 11) is 0. The van der Waals surface area contributed by atoms with E-state index in [4.69, 9.17) is 9.47 Å². The zero-order valence-corrected chi connectivity index (χ0v) is 45.7. The van der Waals surface area contributed by atoms with Gasteiger partial charge < -0.3 is 40.3 Å². The molecular weight excluding hydrogens is 887 g/mol. The molecule has 1 rings (SSSR count). The Kier molecular flexibility index (Phi) is 48.0. The summed E-state index contributed by atoms with van der Waals surface area (Å²) in [6, 6.07) is -0.739. The number of hydrogen-bond acceptors (Lipinski definition) is 8. The number of carbonyl (C=O) groups excluding carboxylic acids is 1. The largest absolute Gasteiger partial charge is 0.394 e. The van der Waals surface area contributed by atoms with Gasteiger partial charge in [-0.05, 0) is 64.2 Å². The van der Waals surface area contributed by atoms with E-state index < -0.39 is 49.5 Å². The average molecular weight is 999 g/mol. The lowest BCUT2D eigenvalue weighted by atomic mass is 9.99. The minimum absolute atomic E-state index is 0.152. The number of aliphatic hydroxyl groups excluding tert-OH is 5. The van der Waals surface area contributed by atoms with Crippen LogP contribution in [-0.2, 0) is 14.3 Å². The van der Waals surface area contributed by atoms with Crippen LogP contribution in [0.25, 0.3) is 0 Å². The molecule has 0 aromatic rings. The highest BCUT2D eigenvalue weighted by Gasteiger charge is 2.44. The lowest BCUT2D eigenvalue weighted by Crippen LogP contribution is -2.60. The van der Waals surface area contributed by atoms with Crippen LogP contribution in [0.15, 0.2) is 72.9 Å². The highest BCUT2D eigenvalue weighted by atomic mass is 16.7. The van der Waals surface area contributed by atoms with E-state index in [0.29, 0.717) is 12.8 Å². The summed E-state index contributed by atoms with van der Waals surface area (Å²) in [5.74, 6) is -0.168. The maximum atomic E-state index is 13.1. The molecule has 0 saturated carbocycles. The molecule has 0 aromatic carbocycles. The monoisotopic (exact) mass is 998 g/mol. The van der Waals surface area contributed by atoms with Gasteiger partial charge in [-0.25, -0.2) is 0 Å². The SMILES string of the molecule is CC/C=C\C/C=C\C/C=C\C/C=C\C/C=C\C/C=C\CCCCCCC(=O)NC(COC1OC(CO)C(O)C(O)C1O)C(O)CCCCCCCCCCCCCCCCCCCCCCCCCCC. The Hall–Kier alpha value is -2.37. The molecule has 6 N–H and O–H groups in total. The predicted molar refractivity (Wildman–Crippen MR) is 299 cm³/mol. The summed E-state index contributed by atoms with van der Waals surface area (Å²) in [5.41, 5.74) is 0. The fourth-order valence-corrected chi connectivity index (χ4v) is 9.17. The van der Waals surface area contributed by atoms with Crippen molar-refractivity contribution in [1.29, 1.82) is 0 Å². The minimum atomic E-state index is -1.56. The average Bonchev–Trinajstić information content (AvgIpc) is 3.37. The van der Waals surface area contributed by atoms with E-state index in [9.17, 15) is 30.3 Å². The number of unbranched alkanes of at least 4 members (excludes halogenated alkanes) is 28. The Morgan fingerprint density at radius 2 is 0.873 bits per heavy atom. The molecular formula is C62H111NO8. The summed E-state index contributed by atoms with van der Waals surface area (Å²) >= 11 is 0. The number of amides is 1. The molecule has 71 heavy (non-hydrogen) atoms. The van der Waals surface area contributed by atoms with Crippen LogP contribution in [0.1, 0.15) is 258 Å². The highest BCUT2D eigenvalue weighted by molar-refractivity contribution is 5.76. The molecule has 1 fully saturated rings. The van der Waals surface area contributed by atoms with E-state index in [0.717, 1.165) is 89.9 Å². The smallest absolute Gasteiger partial charge is 0.220 e. The quantitative estimate of drug-likeness (QED) is 0.0261. The van der Waals surface area contributed by atoms with Crippen LogP contribution in [-0.4, -0.2) is 87.5 Å². The first-order valence-electron chi connectivity index (χ1n) is 29.6. The second-order valence-corrected chi connectivity index (χ2v) is 20.4. The zero-order chi connectivity index (χ0) is 51.5. The van der Waals surface area contributed by atoms with Crippen LogP contribution in [0, 0.1) is 0 Å². The molecule has 412 valence electrons. The van der Waals surface area contributed by atoms with Gasteiger partial charge in [0, 0.05) is 6.42 Å². The van der Waals surface area contributed by atoms with Gasteiger partial charge in [-0.15, -0.1) is 0 Å². The Bertz CT molecular complexity index is 1340. The van der Waals surface area contributed by atoms with Gasteiger partial charge in [0.2, 0.25) is 5.91 Å². The third-order valence-corrected chi connectivity index (χ3v) is 13.8. The first kappa shape index (κ1) is 66.6. The fourth-order valence-electron chi connectivity index (χ4n) is 9.17. The zero-order valence-electron chi connectivity index (χ0n) is 45.7. The van der Waals surface area contributed by atoms with Crippen LogP contribution >= 0.6 is 0 Å². The third-order valence-electron chi connectivity index (χ3n) is 13.8. The van der Waals surface area contributed by atoms with Gasteiger partial charge in [-0.1, -0.05) is 260 Å². The normalized spacial score (nSPS) is 19.8. The lowest BCUT2D eigenvalue weighted by Gasteiger charge is -2.40. The molecule has 1 amide bonds. The van der Waals surface area contributed by atoms with Crippen molar-refractivity contribution in [1.82, 2.24) is 5.32 Å². The number of hydrogen-bond donors (Lipinski definition) is 6. The summed E-state index contributed by atoms with van der Waals surface area (Å²) in [6.45, 7) is 3.73. The fraction of sp³-hybridized carbons (Fsp3) is 0.790. The van der Waals surface area contributed by atoms with Gasteiger partial charge in [0.05, 0.1) is 25.4 Å². The van der Waals surface area contributed by atoms with Gasteiger partial charge >= 0.3 is 0 Å². The summed E-state index contributed by atoms with van der Waals surface area (Å²) in [4.78, 5) is 13.1. The van der Waals surface area contributed by atoms with Crippen molar-refractivity contribution in [3.8, 4) is 0 Å². The van der Waals surface area contributed by atoms with E-state index in [-0.39, 0.29) is 12.5 Å². The molecule has 9 nitrogen and oxygen atoms in total. The van der Waals surface area contributed by atoms with Crippen LogP contribution in [0.3, 0.4) is 0 Å². The number of rotatable bonds is 50. The van der Waals surface area contributed by atoms with E-state index in [1.165, 1.54) is 141 Å². The second-order valence-electron chi connectivity index (χ2n) is 20.4. The molecule has 1 aliphatic rings. The summed E-state index contributed by atoms with van der Waals surface area (Å²) in [5, 5.41) is 54.7. The molecule has 1 heterocycles. The number of ether oxygens (including phenoxy) is 2. The standard InChI is InChI=1S/C62H111NO8/c1-3-5-7-9-11-13-15-17-19-21-23-25-27-28-30-31-33-35-37-39-41-43-45-47-49-51-56(65)55(54-70-62-61(69)60(68)59(67)57(53-64)71-62)63-58(66)52-50-48-46-44-42-40-38-36-34-32-29-26-24-22-20-18-16-14-12-10-8-6-4-2/h6,8,12,14,18,20,24,26,32,34,38,40,55-57,59-62,64-65,67-69H,3-5,7,9-11,13,15-17,19,21-23,25,27-31,33,35-37,39,41-54H2,1-2H3,(H,63,66)/b8-6-,14-12-,20-18-,26-24-,34-32-,40-38-. The molecule has 0 radical (unpaired) electrons. The molecule has 0 spiro atoms. The van der Waals surface area contributed by atoms with Crippen molar-refractivity contribution < 1.29 is 39.8 Å². The first-order valence-corrected chi connectivity index (χ1v) is 29.6. The van der Waals surface area contributed by atoms with Crippen molar-refractivity contribution in [3.63, 3.8) is 0 Å². The van der Waals surface area contributed by atoms with Crippen LogP contribution in [0.2, 0.25) is 0 Å². The van der Waals surface area contributed by atoms with Gasteiger partial charge in [0.15, 0.2) is 6.29 Å². The number of nitrogens with one attached hydrogen (secondary N) is 1. The van der Waals surface area contributed by atoms with Gasteiger partial charge in [0.1, 0.15) is 24.4 Å². The first-order chi connectivity index (χ1) is 34.8. The maximum absolute atomic E-state index is 13.1. The van der Waals surface area contributed by atoms with E-state index in [2.05, 4.69) is 92.1 Å². The number of carbonyl (C=O) groups is 1. The third kappa shape index (κ3) is 40.7.